The molecule has 0 aliphatic rings. The Morgan fingerprint density at radius 1 is 1.00 bits per heavy atom. The highest BCUT2D eigenvalue weighted by Gasteiger charge is 2.10. The first-order chi connectivity index (χ1) is 10.0. The monoisotopic (exact) mass is 345 g/mol. The maximum Gasteiger partial charge on any atom is 0.233 e. The second-order valence-electron chi connectivity index (χ2n) is 4.15. The Kier molecular flexibility index (Phi) is 5.45. The topological polar surface area (TPSA) is 53.9 Å². The highest BCUT2D eigenvalue weighted by Crippen LogP contribution is 2.26. The van der Waals surface area contributed by atoms with E-state index in [1.165, 1.54) is 0 Å². The minimum absolute atomic E-state index is 0.134. The summed E-state index contributed by atoms with van der Waals surface area (Å²) in [4.78, 5) is 14.5. The Hall–Kier alpha value is -1.30. The van der Waals surface area contributed by atoms with Gasteiger partial charge in [0.15, 0.2) is 0 Å². The van der Waals surface area contributed by atoms with Crippen molar-refractivity contribution in [2.45, 2.75) is 13.8 Å². The Balaban J connectivity index is 2.29. The number of hydrogen-bond acceptors (Lipinski definition) is 5. The molecule has 0 amide bonds. The van der Waals surface area contributed by atoms with Gasteiger partial charge in [-0.05, 0) is 43.6 Å². The second-order valence-corrected chi connectivity index (χ2v) is 5.31. The van der Waals surface area contributed by atoms with Gasteiger partial charge in [0.05, 0.1) is 10.0 Å². The lowest BCUT2D eigenvalue weighted by atomic mass is 10.3. The fraction of sp³-hybridized carbons (Fsp3) is 0.308. The summed E-state index contributed by atoms with van der Waals surface area (Å²) in [6.45, 7) is 5.60. The van der Waals surface area contributed by atoms with Gasteiger partial charge in [-0.1, -0.05) is 23.2 Å². The minimum atomic E-state index is 0.134. The largest absolute Gasteiger partial charge is 0.341 e. The van der Waals surface area contributed by atoms with E-state index in [4.69, 9.17) is 34.8 Å². The van der Waals surface area contributed by atoms with Gasteiger partial charge in [0.2, 0.25) is 17.2 Å². The van der Waals surface area contributed by atoms with E-state index in [1.807, 2.05) is 18.7 Å². The number of benzene rings is 1. The molecule has 1 heterocycles. The zero-order chi connectivity index (χ0) is 15.4. The number of anilines is 3. The quantitative estimate of drug-likeness (QED) is 0.868. The Bertz CT molecular complexity index is 631. The summed E-state index contributed by atoms with van der Waals surface area (Å²) >= 11 is 17.8. The first kappa shape index (κ1) is 16.1. The molecule has 5 nitrogen and oxygen atoms in total. The molecule has 2 aromatic rings. The predicted molar refractivity (Wildman–Crippen MR) is 88.1 cm³/mol. The van der Waals surface area contributed by atoms with Gasteiger partial charge >= 0.3 is 0 Å². The normalized spacial score (nSPS) is 10.5. The summed E-state index contributed by atoms with van der Waals surface area (Å²) in [6.07, 6.45) is 0. The molecule has 0 unspecified atom stereocenters. The van der Waals surface area contributed by atoms with Crippen LogP contribution in [0.25, 0.3) is 0 Å². The molecule has 0 aliphatic carbocycles. The lowest BCUT2D eigenvalue weighted by Gasteiger charge is -2.18. The van der Waals surface area contributed by atoms with Gasteiger partial charge in [-0.25, -0.2) is 0 Å². The fourth-order valence-corrected chi connectivity index (χ4v) is 2.20. The lowest BCUT2D eigenvalue weighted by Crippen LogP contribution is -2.24. The van der Waals surface area contributed by atoms with Gasteiger partial charge in [0.1, 0.15) is 0 Å². The van der Waals surface area contributed by atoms with Crippen LogP contribution in [0.5, 0.6) is 0 Å². The Morgan fingerprint density at radius 2 is 1.71 bits per heavy atom. The predicted octanol–water partition coefficient (Wildman–Crippen LogP) is 4.42. The molecule has 2 rings (SSSR count). The molecule has 112 valence electrons. The number of rotatable bonds is 5. The van der Waals surface area contributed by atoms with Gasteiger partial charge in [-0.2, -0.15) is 15.0 Å². The third-order valence-corrected chi connectivity index (χ3v) is 3.73. The van der Waals surface area contributed by atoms with Crippen LogP contribution in [0.3, 0.4) is 0 Å². The molecule has 0 atom stereocenters. The van der Waals surface area contributed by atoms with Gasteiger partial charge < -0.3 is 10.2 Å². The van der Waals surface area contributed by atoms with Gasteiger partial charge in [-0.3, -0.25) is 0 Å². The van der Waals surface area contributed by atoms with Crippen LogP contribution >= 0.6 is 34.8 Å². The van der Waals surface area contributed by atoms with E-state index in [2.05, 4.69) is 20.3 Å². The third kappa shape index (κ3) is 4.09. The number of halogens is 3. The van der Waals surface area contributed by atoms with Crippen LogP contribution in [-0.4, -0.2) is 28.0 Å². The average Bonchev–Trinajstić information content (AvgIpc) is 2.44. The van der Waals surface area contributed by atoms with E-state index in [1.54, 1.807) is 18.2 Å². The fourth-order valence-electron chi connectivity index (χ4n) is 1.75. The lowest BCUT2D eigenvalue weighted by molar-refractivity contribution is 0.814. The summed E-state index contributed by atoms with van der Waals surface area (Å²) < 4.78 is 0. The van der Waals surface area contributed by atoms with E-state index in [-0.39, 0.29) is 5.28 Å². The molecule has 0 aliphatic heterocycles. The van der Waals surface area contributed by atoms with Crippen molar-refractivity contribution >= 4 is 52.4 Å². The maximum absolute atomic E-state index is 5.98. The molecule has 0 spiro atoms. The number of aromatic nitrogens is 3. The zero-order valence-electron chi connectivity index (χ0n) is 11.6. The summed E-state index contributed by atoms with van der Waals surface area (Å²) in [5.41, 5.74) is 0.720. The standard InChI is InChI=1S/C13H14Cl3N5/c1-3-21(4-2)13-19-11(16)18-12(20-13)17-8-5-6-9(14)10(15)7-8/h5-7H,3-4H2,1-2H3,(H,17,18,19,20). The Morgan fingerprint density at radius 3 is 2.33 bits per heavy atom. The van der Waals surface area contributed by atoms with Crippen molar-refractivity contribution in [2.24, 2.45) is 0 Å². The van der Waals surface area contributed by atoms with Crippen molar-refractivity contribution in [3.8, 4) is 0 Å². The second kappa shape index (κ2) is 7.11. The van der Waals surface area contributed by atoms with Gasteiger partial charge in [-0.15, -0.1) is 0 Å². The Labute approximate surface area is 138 Å². The molecular formula is C13H14Cl3N5. The molecular weight excluding hydrogens is 333 g/mol. The van der Waals surface area contributed by atoms with E-state index in [0.29, 0.717) is 21.9 Å². The zero-order valence-corrected chi connectivity index (χ0v) is 13.8. The van der Waals surface area contributed by atoms with Crippen molar-refractivity contribution in [3.63, 3.8) is 0 Å². The molecule has 0 saturated carbocycles. The first-order valence-electron chi connectivity index (χ1n) is 6.42. The highest BCUT2D eigenvalue weighted by molar-refractivity contribution is 6.42. The molecule has 0 saturated heterocycles. The summed E-state index contributed by atoms with van der Waals surface area (Å²) in [5, 5.41) is 4.11. The van der Waals surface area contributed by atoms with Crippen LogP contribution in [0.15, 0.2) is 18.2 Å². The molecule has 1 aromatic carbocycles. The van der Waals surface area contributed by atoms with E-state index < -0.39 is 0 Å². The minimum Gasteiger partial charge on any atom is -0.341 e. The number of nitrogens with one attached hydrogen (secondary N) is 1. The van der Waals surface area contributed by atoms with Crippen molar-refractivity contribution in [3.05, 3.63) is 33.5 Å². The molecule has 0 bridgehead atoms. The van der Waals surface area contributed by atoms with Crippen LogP contribution in [0, 0.1) is 0 Å². The van der Waals surface area contributed by atoms with E-state index in [0.717, 1.165) is 18.8 Å². The summed E-state index contributed by atoms with van der Waals surface area (Å²) in [7, 11) is 0. The van der Waals surface area contributed by atoms with E-state index in [9.17, 15) is 0 Å². The SMILES string of the molecule is CCN(CC)c1nc(Cl)nc(Nc2ccc(Cl)c(Cl)c2)n1. The first-order valence-corrected chi connectivity index (χ1v) is 7.55. The van der Waals surface area contributed by atoms with E-state index >= 15 is 0 Å². The van der Waals surface area contributed by atoms with Crippen molar-refractivity contribution in [2.75, 3.05) is 23.3 Å². The van der Waals surface area contributed by atoms with Crippen LogP contribution in [-0.2, 0) is 0 Å². The maximum atomic E-state index is 5.98. The van der Waals surface area contributed by atoms with Gasteiger partial charge in [0, 0.05) is 18.8 Å². The summed E-state index contributed by atoms with van der Waals surface area (Å²) in [5.74, 6) is 0.887. The molecule has 1 aromatic heterocycles. The van der Waals surface area contributed by atoms with Crippen LogP contribution in [0.1, 0.15) is 13.8 Å². The van der Waals surface area contributed by atoms with Crippen molar-refractivity contribution < 1.29 is 0 Å². The number of nitrogens with zero attached hydrogens (tertiary/aromatic N) is 4. The van der Waals surface area contributed by atoms with Gasteiger partial charge in [0.25, 0.3) is 0 Å². The molecule has 0 fully saturated rings. The smallest absolute Gasteiger partial charge is 0.233 e. The number of hydrogen-bond donors (Lipinski definition) is 1. The molecule has 21 heavy (non-hydrogen) atoms. The molecule has 8 heteroatoms. The average molecular weight is 347 g/mol. The summed E-state index contributed by atoms with van der Waals surface area (Å²) in [6, 6.07) is 5.17. The van der Waals surface area contributed by atoms with Crippen LogP contribution in [0.4, 0.5) is 17.6 Å². The molecule has 0 radical (unpaired) electrons. The van der Waals surface area contributed by atoms with Crippen molar-refractivity contribution in [1.29, 1.82) is 0 Å². The van der Waals surface area contributed by atoms with Crippen molar-refractivity contribution in [1.82, 2.24) is 15.0 Å². The molecule has 1 N–H and O–H groups in total. The third-order valence-electron chi connectivity index (χ3n) is 2.82. The van der Waals surface area contributed by atoms with Crippen LogP contribution in [0.2, 0.25) is 15.3 Å². The van der Waals surface area contributed by atoms with Crippen LogP contribution < -0.4 is 10.2 Å². The highest BCUT2D eigenvalue weighted by atomic mass is 35.5.